The minimum atomic E-state index is -0.107. The molecule has 0 atom stereocenters. The topological polar surface area (TPSA) is 50.7 Å². The van der Waals surface area contributed by atoms with Gasteiger partial charge in [-0.15, -0.1) is 0 Å². The highest BCUT2D eigenvalue weighted by molar-refractivity contribution is 5.18. The van der Waals surface area contributed by atoms with Gasteiger partial charge in [0.1, 0.15) is 5.82 Å². The maximum Gasteiger partial charge on any atom is 0.343 e. The summed E-state index contributed by atoms with van der Waals surface area (Å²) in [5.74, 6) is 0.734. The van der Waals surface area contributed by atoms with Crippen molar-refractivity contribution >= 4 is 0 Å². The Morgan fingerprint density at radius 2 is 2.06 bits per heavy atom. The predicted molar refractivity (Wildman–Crippen MR) is 67.0 cm³/mol. The van der Waals surface area contributed by atoms with Crippen LogP contribution in [0.1, 0.15) is 31.2 Å². The Morgan fingerprint density at radius 1 is 1.29 bits per heavy atom. The molecular formula is C13H17N3O. The van der Waals surface area contributed by atoms with E-state index in [1.165, 1.54) is 4.68 Å². The van der Waals surface area contributed by atoms with Gasteiger partial charge in [0.05, 0.1) is 0 Å². The third-order valence-electron chi connectivity index (χ3n) is 2.66. The molecule has 2 aromatic rings. The fourth-order valence-corrected chi connectivity index (χ4v) is 1.73. The van der Waals surface area contributed by atoms with Gasteiger partial charge in [-0.05, 0) is 12.0 Å². The molecule has 1 aromatic carbocycles. The van der Waals surface area contributed by atoms with Crippen molar-refractivity contribution in [1.29, 1.82) is 0 Å². The molecule has 4 nitrogen and oxygen atoms in total. The van der Waals surface area contributed by atoms with Crippen LogP contribution in [0, 0.1) is 0 Å². The van der Waals surface area contributed by atoms with E-state index in [4.69, 9.17) is 0 Å². The number of nitrogens with one attached hydrogen (secondary N) is 1. The molecule has 4 heteroatoms. The number of benzene rings is 1. The summed E-state index contributed by atoms with van der Waals surface area (Å²) in [6, 6.07) is 10.0. The Morgan fingerprint density at radius 3 is 2.76 bits per heavy atom. The molecule has 0 spiro atoms. The highest BCUT2D eigenvalue weighted by atomic mass is 16.1. The molecule has 0 aliphatic carbocycles. The second kappa shape index (κ2) is 5.48. The first-order valence-corrected chi connectivity index (χ1v) is 5.99. The predicted octanol–water partition coefficient (Wildman–Crippen LogP) is 1.96. The van der Waals surface area contributed by atoms with Crippen LogP contribution < -0.4 is 5.69 Å². The molecule has 0 amide bonds. The third-order valence-corrected chi connectivity index (χ3v) is 2.66. The second-order valence-electron chi connectivity index (χ2n) is 4.12. The van der Waals surface area contributed by atoms with Crippen molar-refractivity contribution in [3.63, 3.8) is 0 Å². The van der Waals surface area contributed by atoms with Crippen LogP contribution in [0.3, 0.4) is 0 Å². The molecule has 90 valence electrons. The van der Waals surface area contributed by atoms with E-state index >= 15 is 0 Å². The summed E-state index contributed by atoms with van der Waals surface area (Å²) < 4.78 is 1.52. The van der Waals surface area contributed by atoms with Crippen LogP contribution >= 0.6 is 0 Å². The van der Waals surface area contributed by atoms with Gasteiger partial charge in [0.15, 0.2) is 0 Å². The number of aryl methyl sites for hydroxylation is 1. The number of rotatable bonds is 5. The Labute approximate surface area is 100 Å². The molecule has 0 aliphatic heterocycles. The zero-order chi connectivity index (χ0) is 12.1. The smallest absolute Gasteiger partial charge is 0.292 e. The van der Waals surface area contributed by atoms with E-state index < -0.39 is 0 Å². The van der Waals surface area contributed by atoms with Crippen molar-refractivity contribution in [2.45, 2.75) is 32.7 Å². The van der Waals surface area contributed by atoms with Crippen LogP contribution in [0.2, 0.25) is 0 Å². The van der Waals surface area contributed by atoms with E-state index in [0.717, 1.165) is 24.2 Å². The summed E-state index contributed by atoms with van der Waals surface area (Å²) in [5, 5.41) is 4.29. The lowest BCUT2D eigenvalue weighted by Gasteiger charge is -1.97. The fraction of sp³-hybridized carbons (Fsp3) is 0.385. The fourth-order valence-electron chi connectivity index (χ4n) is 1.73. The van der Waals surface area contributed by atoms with E-state index in [2.05, 4.69) is 17.0 Å². The minimum Gasteiger partial charge on any atom is -0.292 e. The SMILES string of the molecule is CCCCn1nc(Cc2ccccc2)[nH]c1=O. The highest BCUT2D eigenvalue weighted by Crippen LogP contribution is 2.03. The Bertz CT molecular complexity index is 513. The lowest BCUT2D eigenvalue weighted by molar-refractivity contribution is 0.551. The number of aromatic amines is 1. The number of hydrogen-bond acceptors (Lipinski definition) is 2. The molecule has 0 saturated heterocycles. The van der Waals surface area contributed by atoms with Crippen LogP contribution in [0.4, 0.5) is 0 Å². The van der Waals surface area contributed by atoms with E-state index in [-0.39, 0.29) is 5.69 Å². The molecule has 0 fully saturated rings. The van der Waals surface area contributed by atoms with E-state index in [1.54, 1.807) is 0 Å². The molecular weight excluding hydrogens is 214 g/mol. The Hall–Kier alpha value is -1.84. The van der Waals surface area contributed by atoms with Crippen LogP contribution in [-0.2, 0) is 13.0 Å². The lowest BCUT2D eigenvalue weighted by atomic mass is 10.1. The summed E-state index contributed by atoms with van der Waals surface area (Å²) in [7, 11) is 0. The van der Waals surface area contributed by atoms with Gasteiger partial charge >= 0.3 is 5.69 Å². The largest absolute Gasteiger partial charge is 0.343 e. The van der Waals surface area contributed by atoms with Crippen molar-refractivity contribution in [3.05, 3.63) is 52.2 Å². The van der Waals surface area contributed by atoms with Gasteiger partial charge in [-0.2, -0.15) is 5.10 Å². The molecule has 0 unspecified atom stereocenters. The minimum absolute atomic E-state index is 0.107. The molecule has 17 heavy (non-hydrogen) atoms. The molecule has 1 heterocycles. The molecule has 0 radical (unpaired) electrons. The van der Waals surface area contributed by atoms with Crippen LogP contribution in [0.15, 0.2) is 35.1 Å². The average molecular weight is 231 g/mol. The van der Waals surface area contributed by atoms with Gasteiger partial charge in [0.25, 0.3) is 0 Å². The highest BCUT2D eigenvalue weighted by Gasteiger charge is 2.04. The summed E-state index contributed by atoms with van der Waals surface area (Å²) in [6.07, 6.45) is 2.72. The normalized spacial score (nSPS) is 10.6. The first-order chi connectivity index (χ1) is 8.29. The zero-order valence-electron chi connectivity index (χ0n) is 10.0. The van der Waals surface area contributed by atoms with Gasteiger partial charge in [-0.25, -0.2) is 9.48 Å². The van der Waals surface area contributed by atoms with Crippen molar-refractivity contribution in [1.82, 2.24) is 14.8 Å². The summed E-state index contributed by atoms with van der Waals surface area (Å²) in [4.78, 5) is 14.4. The van der Waals surface area contributed by atoms with Gasteiger partial charge in [-0.1, -0.05) is 43.7 Å². The standard InChI is InChI=1S/C13H17N3O/c1-2-3-9-16-13(17)14-12(15-16)10-11-7-5-4-6-8-11/h4-8H,2-3,9-10H2,1H3,(H,14,15,17). The van der Waals surface area contributed by atoms with Gasteiger partial charge in [-0.3, -0.25) is 4.98 Å². The van der Waals surface area contributed by atoms with Crippen LogP contribution in [0.5, 0.6) is 0 Å². The lowest BCUT2D eigenvalue weighted by Crippen LogP contribution is -2.17. The van der Waals surface area contributed by atoms with Gasteiger partial charge in [0, 0.05) is 13.0 Å². The molecule has 1 N–H and O–H groups in total. The van der Waals surface area contributed by atoms with Crippen LogP contribution in [0.25, 0.3) is 0 Å². The monoisotopic (exact) mass is 231 g/mol. The number of unbranched alkanes of at least 4 members (excludes halogenated alkanes) is 1. The summed E-state index contributed by atoms with van der Waals surface area (Å²) >= 11 is 0. The van der Waals surface area contributed by atoms with Gasteiger partial charge < -0.3 is 0 Å². The second-order valence-corrected chi connectivity index (χ2v) is 4.12. The van der Waals surface area contributed by atoms with Crippen molar-refractivity contribution in [2.75, 3.05) is 0 Å². The number of nitrogens with zero attached hydrogens (tertiary/aromatic N) is 2. The van der Waals surface area contributed by atoms with Gasteiger partial charge in [0.2, 0.25) is 0 Å². The summed E-state index contributed by atoms with van der Waals surface area (Å²) in [6.45, 7) is 2.79. The van der Waals surface area contributed by atoms with E-state index in [0.29, 0.717) is 13.0 Å². The Kier molecular flexibility index (Phi) is 3.75. The average Bonchev–Trinajstić information content (AvgIpc) is 2.68. The number of hydrogen-bond donors (Lipinski definition) is 1. The maximum absolute atomic E-state index is 11.6. The van der Waals surface area contributed by atoms with Crippen molar-refractivity contribution < 1.29 is 0 Å². The first kappa shape index (κ1) is 11.6. The van der Waals surface area contributed by atoms with E-state index in [1.807, 2.05) is 30.3 Å². The number of aromatic nitrogens is 3. The number of H-pyrrole nitrogens is 1. The molecule has 2 rings (SSSR count). The van der Waals surface area contributed by atoms with Crippen molar-refractivity contribution in [3.8, 4) is 0 Å². The zero-order valence-corrected chi connectivity index (χ0v) is 10.0. The molecule has 0 saturated carbocycles. The van der Waals surface area contributed by atoms with Crippen molar-refractivity contribution in [2.24, 2.45) is 0 Å². The van der Waals surface area contributed by atoms with Crippen LogP contribution in [-0.4, -0.2) is 14.8 Å². The first-order valence-electron chi connectivity index (χ1n) is 5.99. The third kappa shape index (κ3) is 3.06. The maximum atomic E-state index is 11.6. The van der Waals surface area contributed by atoms with E-state index in [9.17, 15) is 4.79 Å². The Balaban J connectivity index is 2.10. The quantitative estimate of drug-likeness (QED) is 0.855. The summed E-state index contributed by atoms with van der Waals surface area (Å²) in [5.41, 5.74) is 1.05. The molecule has 0 bridgehead atoms. The molecule has 1 aromatic heterocycles. The molecule has 0 aliphatic rings.